The Hall–Kier alpha value is -1.50. The van der Waals surface area contributed by atoms with Gasteiger partial charge in [-0.05, 0) is 31.0 Å². The molecule has 0 spiro atoms. The fraction of sp³-hybridized carbons (Fsp3) is 0.462. The topological polar surface area (TPSA) is 71.4 Å². The Bertz CT molecular complexity index is 634. The van der Waals surface area contributed by atoms with E-state index in [2.05, 4.69) is 0 Å². The van der Waals surface area contributed by atoms with E-state index in [9.17, 15) is 27.1 Å². The molecule has 0 aromatic heterocycles. The number of rotatable bonds is 3. The summed E-state index contributed by atoms with van der Waals surface area (Å²) in [7, 11) is -4.49. The van der Waals surface area contributed by atoms with Crippen molar-refractivity contribution in [3.05, 3.63) is 29.8 Å². The van der Waals surface area contributed by atoms with Crippen molar-refractivity contribution in [1.29, 1.82) is 0 Å². The van der Waals surface area contributed by atoms with Crippen LogP contribution in [0.5, 0.6) is 0 Å². The molecule has 1 saturated carbocycles. The molecule has 1 fully saturated rings. The van der Waals surface area contributed by atoms with Gasteiger partial charge < -0.3 is 5.11 Å². The molecule has 0 heterocycles. The monoisotopic (exact) mass is 304 g/mol. The van der Waals surface area contributed by atoms with Gasteiger partial charge in [0.15, 0.2) is 14.6 Å². The van der Waals surface area contributed by atoms with Gasteiger partial charge in [0.2, 0.25) is 0 Å². The van der Waals surface area contributed by atoms with Gasteiger partial charge in [-0.2, -0.15) is 0 Å². The molecule has 1 aliphatic carbocycles. The zero-order chi connectivity index (χ0) is 15.0. The number of aliphatic carboxylic acids is 1. The zero-order valence-corrected chi connectivity index (χ0v) is 11.4. The highest BCUT2D eigenvalue weighted by Gasteiger charge is 2.52. The summed E-state index contributed by atoms with van der Waals surface area (Å²) in [4.78, 5) is 10.6. The van der Waals surface area contributed by atoms with Crippen molar-refractivity contribution in [2.24, 2.45) is 0 Å². The molecule has 2 rings (SSSR count). The molecule has 0 saturated heterocycles. The van der Waals surface area contributed by atoms with Crippen LogP contribution in [-0.4, -0.2) is 24.2 Å². The van der Waals surface area contributed by atoms with Gasteiger partial charge in [0.25, 0.3) is 0 Å². The van der Waals surface area contributed by atoms with Gasteiger partial charge in [-0.3, -0.25) is 4.79 Å². The molecule has 1 N–H and O–H groups in total. The number of halogens is 2. The summed E-state index contributed by atoms with van der Waals surface area (Å²) in [5.41, 5.74) is 0. The number of sulfone groups is 1. The normalized spacial score (nSPS) is 18.7. The summed E-state index contributed by atoms with van der Waals surface area (Å²) in [5, 5.41) is 9.35. The van der Waals surface area contributed by atoms with Crippen molar-refractivity contribution in [1.82, 2.24) is 0 Å². The van der Waals surface area contributed by atoms with Crippen LogP contribution in [0.25, 0.3) is 0 Å². The Kier molecular flexibility index (Phi) is 3.82. The fourth-order valence-corrected chi connectivity index (χ4v) is 4.68. The molecule has 7 heteroatoms. The number of hydrogen-bond acceptors (Lipinski definition) is 3. The second-order valence-electron chi connectivity index (χ2n) is 4.94. The average molecular weight is 304 g/mol. The Balaban J connectivity index is 2.62. The minimum atomic E-state index is -4.49. The number of carboxylic acids is 1. The second kappa shape index (κ2) is 5.12. The first-order chi connectivity index (χ1) is 9.31. The molecule has 0 unspecified atom stereocenters. The van der Waals surface area contributed by atoms with E-state index in [1.165, 1.54) is 0 Å². The molecule has 1 aromatic rings. The first-order valence-corrected chi connectivity index (χ1v) is 7.73. The number of hydrogen-bond donors (Lipinski definition) is 1. The van der Waals surface area contributed by atoms with E-state index < -0.39 is 37.1 Å². The van der Waals surface area contributed by atoms with Crippen LogP contribution in [-0.2, 0) is 14.6 Å². The van der Waals surface area contributed by atoms with E-state index in [-0.39, 0.29) is 12.8 Å². The largest absolute Gasteiger partial charge is 0.480 e. The van der Waals surface area contributed by atoms with Crippen molar-refractivity contribution in [2.75, 3.05) is 0 Å². The Morgan fingerprint density at radius 3 is 2.30 bits per heavy atom. The maximum absolute atomic E-state index is 13.7. The highest BCUT2D eigenvalue weighted by molar-refractivity contribution is 7.93. The Labute approximate surface area is 115 Å². The smallest absolute Gasteiger partial charge is 0.325 e. The predicted molar refractivity (Wildman–Crippen MR) is 67.0 cm³/mol. The van der Waals surface area contributed by atoms with Crippen LogP contribution in [0.4, 0.5) is 8.78 Å². The zero-order valence-electron chi connectivity index (χ0n) is 10.6. The van der Waals surface area contributed by atoms with E-state index in [1.54, 1.807) is 0 Å². The van der Waals surface area contributed by atoms with Crippen LogP contribution in [0.3, 0.4) is 0 Å². The van der Waals surface area contributed by atoms with Gasteiger partial charge in [0, 0.05) is 0 Å². The minimum Gasteiger partial charge on any atom is -0.480 e. The lowest BCUT2D eigenvalue weighted by Crippen LogP contribution is -2.48. The molecule has 1 aromatic carbocycles. The second-order valence-corrected chi connectivity index (χ2v) is 7.17. The van der Waals surface area contributed by atoms with Crippen LogP contribution >= 0.6 is 0 Å². The molecule has 0 amide bonds. The molecule has 1 aliphatic rings. The molecule has 110 valence electrons. The SMILES string of the molecule is O=C(O)C1(S(=O)(=O)c2cc(F)ccc2F)CCCCC1. The third-order valence-corrected chi connectivity index (χ3v) is 6.25. The molecule has 0 radical (unpaired) electrons. The van der Waals surface area contributed by atoms with Crippen LogP contribution in [0.1, 0.15) is 32.1 Å². The fourth-order valence-electron chi connectivity index (χ4n) is 2.61. The molecule has 20 heavy (non-hydrogen) atoms. The predicted octanol–water partition coefficient (Wildman–Crippen LogP) is 2.53. The summed E-state index contributed by atoms with van der Waals surface area (Å²) in [6.45, 7) is 0. The summed E-state index contributed by atoms with van der Waals surface area (Å²) in [6, 6.07) is 2.03. The maximum atomic E-state index is 13.7. The van der Waals surface area contributed by atoms with E-state index in [0.717, 1.165) is 12.5 Å². The summed E-state index contributed by atoms with van der Waals surface area (Å²) in [6.07, 6.45) is 1.43. The first kappa shape index (κ1) is 14.9. The van der Waals surface area contributed by atoms with Gasteiger partial charge in [-0.25, -0.2) is 17.2 Å². The van der Waals surface area contributed by atoms with Gasteiger partial charge >= 0.3 is 5.97 Å². The van der Waals surface area contributed by atoms with E-state index >= 15 is 0 Å². The summed E-state index contributed by atoms with van der Waals surface area (Å²) in [5.74, 6) is -3.54. The third-order valence-electron chi connectivity index (χ3n) is 3.75. The summed E-state index contributed by atoms with van der Waals surface area (Å²) >= 11 is 0. The van der Waals surface area contributed by atoms with Crippen LogP contribution in [0.15, 0.2) is 23.1 Å². The van der Waals surface area contributed by atoms with Gasteiger partial charge in [-0.1, -0.05) is 19.3 Å². The van der Waals surface area contributed by atoms with E-state index in [0.29, 0.717) is 25.0 Å². The first-order valence-electron chi connectivity index (χ1n) is 6.24. The lowest BCUT2D eigenvalue weighted by Gasteiger charge is -2.32. The maximum Gasteiger partial charge on any atom is 0.325 e. The lowest BCUT2D eigenvalue weighted by molar-refractivity contribution is -0.141. The number of benzene rings is 1. The highest BCUT2D eigenvalue weighted by Crippen LogP contribution is 2.40. The van der Waals surface area contributed by atoms with Crippen molar-refractivity contribution in [3.63, 3.8) is 0 Å². The van der Waals surface area contributed by atoms with E-state index in [4.69, 9.17) is 0 Å². The van der Waals surface area contributed by atoms with Gasteiger partial charge in [-0.15, -0.1) is 0 Å². The Morgan fingerprint density at radius 2 is 1.75 bits per heavy atom. The molecule has 0 aliphatic heterocycles. The standard InChI is InChI=1S/C13H14F2O4S/c14-9-4-5-10(15)11(8-9)20(18,19)13(12(16)17)6-2-1-3-7-13/h4-5,8H,1-3,6-7H2,(H,16,17). The minimum absolute atomic E-state index is 0.0827. The number of carbonyl (C=O) groups is 1. The van der Waals surface area contributed by atoms with Crippen molar-refractivity contribution in [2.45, 2.75) is 41.7 Å². The van der Waals surface area contributed by atoms with Crippen molar-refractivity contribution in [3.8, 4) is 0 Å². The van der Waals surface area contributed by atoms with Gasteiger partial charge in [0.05, 0.1) is 0 Å². The summed E-state index contributed by atoms with van der Waals surface area (Å²) < 4.78 is 49.9. The molecular formula is C13H14F2O4S. The highest BCUT2D eigenvalue weighted by atomic mass is 32.2. The molecule has 0 atom stereocenters. The van der Waals surface area contributed by atoms with Crippen LogP contribution in [0, 0.1) is 11.6 Å². The number of carboxylic acid groups (broad SMARTS) is 1. The lowest BCUT2D eigenvalue weighted by atomic mass is 9.88. The third kappa shape index (κ3) is 2.19. The molecule has 0 bridgehead atoms. The van der Waals surface area contributed by atoms with Crippen molar-refractivity contribution < 1.29 is 27.1 Å². The van der Waals surface area contributed by atoms with Crippen LogP contribution in [0.2, 0.25) is 0 Å². The van der Waals surface area contributed by atoms with Crippen LogP contribution < -0.4 is 0 Å². The Morgan fingerprint density at radius 1 is 1.15 bits per heavy atom. The average Bonchev–Trinajstić information content (AvgIpc) is 2.41. The van der Waals surface area contributed by atoms with Gasteiger partial charge in [0.1, 0.15) is 16.5 Å². The quantitative estimate of drug-likeness (QED) is 0.931. The molecule has 4 nitrogen and oxygen atoms in total. The van der Waals surface area contributed by atoms with E-state index in [1.807, 2.05) is 0 Å². The van der Waals surface area contributed by atoms with Crippen molar-refractivity contribution >= 4 is 15.8 Å². The molecular weight excluding hydrogens is 290 g/mol.